The van der Waals surface area contributed by atoms with Crippen LogP contribution in [0.3, 0.4) is 0 Å². The van der Waals surface area contributed by atoms with Gasteiger partial charge in [0.2, 0.25) is 0 Å². The van der Waals surface area contributed by atoms with E-state index in [0.29, 0.717) is 0 Å². The molecule has 0 saturated carbocycles. The first-order valence-electron chi connectivity index (χ1n) is 5.01. The molecule has 2 aromatic carbocycles. The van der Waals surface area contributed by atoms with Crippen molar-refractivity contribution >= 4 is 31.9 Å². The van der Waals surface area contributed by atoms with E-state index in [1.54, 1.807) is 0 Å². The van der Waals surface area contributed by atoms with Gasteiger partial charge in [-0.2, -0.15) is 0 Å². The Morgan fingerprint density at radius 3 is 1.69 bits per heavy atom. The van der Waals surface area contributed by atoms with E-state index < -0.39 is 0 Å². The zero-order chi connectivity index (χ0) is 11.3. The van der Waals surface area contributed by atoms with Gasteiger partial charge in [-0.25, -0.2) is 0 Å². The molecule has 2 N–H and O–H groups in total. The molecule has 0 fully saturated rings. The molecule has 0 radical (unpaired) electrons. The molecule has 1 aliphatic carbocycles. The Morgan fingerprint density at radius 1 is 0.812 bits per heavy atom. The second-order valence-electron chi connectivity index (χ2n) is 3.94. The quantitative estimate of drug-likeness (QED) is 0.763. The van der Waals surface area contributed by atoms with Gasteiger partial charge in [-0.05, 0) is 46.5 Å². The first kappa shape index (κ1) is 10.5. The van der Waals surface area contributed by atoms with E-state index in [-0.39, 0.29) is 6.04 Å². The highest BCUT2D eigenvalue weighted by Crippen LogP contribution is 2.43. The summed E-state index contributed by atoms with van der Waals surface area (Å²) in [5.74, 6) is 0. The molecule has 1 aliphatic rings. The van der Waals surface area contributed by atoms with Crippen LogP contribution < -0.4 is 5.73 Å². The summed E-state index contributed by atoms with van der Waals surface area (Å²) in [6, 6.07) is 12.6. The van der Waals surface area contributed by atoms with Gasteiger partial charge in [0.1, 0.15) is 0 Å². The van der Waals surface area contributed by atoms with E-state index in [2.05, 4.69) is 68.3 Å². The largest absolute Gasteiger partial charge is 0.320 e. The minimum Gasteiger partial charge on any atom is -0.320 e. The van der Waals surface area contributed by atoms with Crippen LogP contribution in [0.25, 0.3) is 11.1 Å². The fraction of sp³-hybridized carbons (Fsp3) is 0.0769. The Bertz CT molecular complexity index is 527. The van der Waals surface area contributed by atoms with Crippen LogP contribution in [0.2, 0.25) is 0 Å². The lowest BCUT2D eigenvalue weighted by molar-refractivity contribution is 0.899. The van der Waals surface area contributed by atoms with Crippen molar-refractivity contribution in [3.8, 4) is 11.1 Å². The minimum atomic E-state index is -0.0139. The van der Waals surface area contributed by atoms with Crippen molar-refractivity contribution in [2.75, 3.05) is 0 Å². The molecule has 0 saturated heterocycles. The van der Waals surface area contributed by atoms with Crippen molar-refractivity contribution in [2.24, 2.45) is 5.73 Å². The molecule has 3 rings (SSSR count). The van der Waals surface area contributed by atoms with Gasteiger partial charge < -0.3 is 5.73 Å². The van der Waals surface area contributed by atoms with Crippen LogP contribution in [-0.4, -0.2) is 0 Å². The van der Waals surface area contributed by atoms with Gasteiger partial charge >= 0.3 is 0 Å². The Balaban J connectivity index is 2.30. The van der Waals surface area contributed by atoms with Crippen LogP contribution in [0.15, 0.2) is 45.3 Å². The lowest BCUT2D eigenvalue weighted by Gasteiger charge is -2.06. The standard InChI is InChI=1S/C13H9Br2N/c14-7-1-3-9-10-4-2-8(15)6-12(10)13(16)11(9)5-7/h1-6,13H,16H2. The summed E-state index contributed by atoms with van der Waals surface area (Å²) in [5, 5.41) is 0. The molecule has 0 bridgehead atoms. The van der Waals surface area contributed by atoms with Crippen LogP contribution in [0.4, 0.5) is 0 Å². The van der Waals surface area contributed by atoms with E-state index in [9.17, 15) is 0 Å². The van der Waals surface area contributed by atoms with Crippen molar-refractivity contribution < 1.29 is 0 Å². The molecule has 0 spiro atoms. The average Bonchev–Trinajstić information content (AvgIpc) is 2.53. The second kappa shape index (κ2) is 3.69. The highest BCUT2D eigenvalue weighted by molar-refractivity contribution is 9.10. The summed E-state index contributed by atoms with van der Waals surface area (Å²) in [7, 11) is 0. The monoisotopic (exact) mass is 337 g/mol. The fourth-order valence-corrected chi connectivity index (χ4v) is 3.00. The maximum atomic E-state index is 6.25. The van der Waals surface area contributed by atoms with Crippen molar-refractivity contribution in [1.29, 1.82) is 0 Å². The van der Waals surface area contributed by atoms with Crippen LogP contribution in [0.5, 0.6) is 0 Å². The molecule has 1 nitrogen and oxygen atoms in total. The van der Waals surface area contributed by atoms with Gasteiger partial charge in [-0.1, -0.05) is 44.0 Å². The van der Waals surface area contributed by atoms with E-state index >= 15 is 0 Å². The van der Waals surface area contributed by atoms with Gasteiger partial charge in [-0.15, -0.1) is 0 Å². The number of hydrogen-bond donors (Lipinski definition) is 1. The molecule has 0 amide bonds. The summed E-state index contributed by atoms with van der Waals surface area (Å²) < 4.78 is 2.15. The molecular weight excluding hydrogens is 330 g/mol. The maximum Gasteiger partial charge on any atom is 0.0564 e. The van der Waals surface area contributed by atoms with Crippen molar-refractivity contribution in [1.82, 2.24) is 0 Å². The molecule has 0 unspecified atom stereocenters. The van der Waals surface area contributed by atoms with Gasteiger partial charge in [-0.3, -0.25) is 0 Å². The number of benzene rings is 2. The Labute approximate surface area is 111 Å². The normalized spacial score (nSPS) is 13.7. The van der Waals surface area contributed by atoms with Crippen LogP contribution in [0, 0.1) is 0 Å². The van der Waals surface area contributed by atoms with Crippen LogP contribution >= 0.6 is 31.9 Å². The van der Waals surface area contributed by atoms with E-state index in [4.69, 9.17) is 5.73 Å². The van der Waals surface area contributed by atoms with Crippen molar-refractivity contribution in [2.45, 2.75) is 6.04 Å². The number of rotatable bonds is 0. The SMILES string of the molecule is NC1c2cc(Br)ccc2-c2ccc(Br)cc21. The third-order valence-electron chi connectivity index (χ3n) is 2.99. The van der Waals surface area contributed by atoms with Crippen LogP contribution in [-0.2, 0) is 0 Å². The summed E-state index contributed by atoms with van der Waals surface area (Å²) in [6.07, 6.45) is 0. The fourth-order valence-electron chi connectivity index (χ4n) is 2.24. The minimum absolute atomic E-state index is 0.0139. The predicted octanol–water partition coefficient (Wildman–Crippen LogP) is 4.24. The topological polar surface area (TPSA) is 26.0 Å². The van der Waals surface area contributed by atoms with Gasteiger partial charge in [0, 0.05) is 8.95 Å². The Morgan fingerprint density at radius 2 is 1.25 bits per heavy atom. The third-order valence-corrected chi connectivity index (χ3v) is 3.97. The molecule has 0 aliphatic heterocycles. The molecular formula is C13H9Br2N. The van der Waals surface area contributed by atoms with Crippen molar-refractivity contribution in [3.05, 3.63) is 56.5 Å². The molecule has 16 heavy (non-hydrogen) atoms. The lowest BCUT2D eigenvalue weighted by atomic mass is 10.1. The summed E-state index contributed by atoms with van der Waals surface area (Å²) in [5.41, 5.74) is 11.1. The van der Waals surface area contributed by atoms with Crippen LogP contribution in [0.1, 0.15) is 17.2 Å². The average molecular weight is 339 g/mol. The van der Waals surface area contributed by atoms with Gasteiger partial charge in [0.05, 0.1) is 6.04 Å². The Kier molecular flexibility index (Phi) is 2.42. The lowest BCUT2D eigenvalue weighted by Crippen LogP contribution is -2.07. The Hall–Kier alpha value is -0.640. The summed E-state index contributed by atoms with van der Waals surface area (Å²) in [6.45, 7) is 0. The highest BCUT2D eigenvalue weighted by atomic mass is 79.9. The third kappa shape index (κ3) is 1.46. The molecule has 0 aromatic heterocycles. The zero-order valence-electron chi connectivity index (χ0n) is 8.37. The molecule has 0 heterocycles. The number of halogens is 2. The predicted molar refractivity (Wildman–Crippen MR) is 73.3 cm³/mol. The first-order chi connectivity index (χ1) is 7.66. The van der Waals surface area contributed by atoms with Gasteiger partial charge in [0.15, 0.2) is 0 Å². The van der Waals surface area contributed by atoms with E-state index in [0.717, 1.165) is 8.95 Å². The summed E-state index contributed by atoms with van der Waals surface area (Å²) >= 11 is 6.97. The van der Waals surface area contributed by atoms with E-state index in [1.165, 1.54) is 22.3 Å². The summed E-state index contributed by atoms with van der Waals surface area (Å²) in [4.78, 5) is 0. The highest BCUT2D eigenvalue weighted by Gasteiger charge is 2.25. The molecule has 2 aromatic rings. The van der Waals surface area contributed by atoms with Gasteiger partial charge in [0.25, 0.3) is 0 Å². The number of nitrogens with two attached hydrogens (primary N) is 1. The first-order valence-corrected chi connectivity index (χ1v) is 6.60. The molecule has 0 atom stereocenters. The number of fused-ring (bicyclic) bond motifs is 3. The maximum absolute atomic E-state index is 6.25. The molecule has 80 valence electrons. The van der Waals surface area contributed by atoms with Crippen molar-refractivity contribution in [3.63, 3.8) is 0 Å². The zero-order valence-corrected chi connectivity index (χ0v) is 11.5. The second-order valence-corrected chi connectivity index (χ2v) is 5.77. The van der Waals surface area contributed by atoms with E-state index in [1.807, 2.05) is 0 Å². The molecule has 3 heteroatoms. The smallest absolute Gasteiger partial charge is 0.0564 e. The number of hydrogen-bond acceptors (Lipinski definition) is 1.